The van der Waals surface area contributed by atoms with Crippen molar-refractivity contribution >= 4 is 33.2 Å². The summed E-state index contributed by atoms with van der Waals surface area (Å²) < 4.78 is 0.945. The van der Waals surface area contributed by atoms with Crippen molar-refractivity contribution in [3.8, 4) is 0 Å². The monoisotopic (exact) mass is 311 g/mol. The minimum Gasteiger partial charge on any atom is -0.346 e. The van der Waals surface area contributed by atoms with Crippen molar-refractivity contribution in [2.24, 2.45) is 0 Å². The van der Waals surface area contributed by atoms with E-state index in [1.807, 2.05) is 12.3 Å². The van der Waals surface area contributed by atoms with Gasteiger partial charge in [0.2, 0.25) is 0 Å². The highest BCUT2D eigenvalue weighted by Gasteiger charge is 2.07. The van der Waals surface area contributed by atoms with Gasteiger partial charge < -0.3 is 5.32 Å². The Morgan fingerprint density at radius 1 is 1.59 bits per heavy atom. The summed E-state index contributed by atoms with van der Waals surface area (Å²) in [4.78, 5) is 20.0. The molecule has 6 heteroatoms. The van der Waals surface area contributed by atoms with E-state index < -0.39 is 0 Å². The highest BCUT2D eigenvalue weighted by atomic mass is 79.9. The van der Waals surface area contributed by atoms with Gasteiger partial charge >= 0.3 is 0 Å². The summed E-state index contributed by atoms with van der Waals surface area (Å²) in [6, 6.07) is 3.59. The number of nitrogens with zero attached hydrogens (tertiary/aromatic N) is 2. The van der Waals surface area contributed by atoms with Crippen molar-refractivity contribution in [2.45, 2.75) is 13.5 Å². The maximum absolute atomic E-state index is 11.7. The number of amides is 1. The van der Waals surface area contributed by atoms with Crippen LogP contribution in [-0.2, 0) is 6.54 Å². The quantitative estimate of drug-likeness (QED) is 0.947. The number of nitrogens with one attached hydrogen (secondary N) is 1. The molecule has 0 aliphatic rings. The third-order valence-electron chi connectivity index (χ3n) is 2.09. The van der Waals surface area contributed by atoms with E-state index in [4.69, 9.17) is 0 Å². The number of halogens is 1. The summed E-state index contributed by atoms with van der Waals surface area (Å²) >= 11 is 4.81. The molecule has 0 saturated heterocycles. The van der Waals surface area contributed by atoms with E-state index in [9.17, 15) is 4.79 Å². The van der Waals surface area contributed by atoms with Crippen LogP contribution < -0.4 is 5.32 Å². The molecule has 4 nitrogen and oxygen atoms in total. The molecule has 0 aromatic carbocycles. The Morgan fingerprint density at radius 3 is 3.06 bits per heavy atom. The fourth-order valence-corrected chi connectivity index (χ4v) is 2.44. The molecule has 0 fully saturated rings. The molecule has 2 rings (SSSR count). The number of rotatable bonds is 3. The lowest BCUT2D eigenvalue weighted by molar-refractivity contribution is 0.0951. The molecule has 0 spiro atoms. The molecule has 0 unspecified atom stereocenters. The lowest BCUT2D eigenvalue weighted by Gasteiger charge is -2.03. The van der Waals surface area contributed by atoms with Crippen molar-refractivity contribution in [1.82, 2.24) is 15.3 Å². The molecule has 2 aromatic heterocycles. The van der Waals surface area contributed by atoms with Crippen LogP contribution in [0.15, 0.2) is 27.5 Å². The molecule has 17 heavy (non-hydrogen) atoms. The standard InChI is InChI=1S/C11H10BrN3OS/c1-7-13-3-2-9(15-7)5-14-11(16)8-4-10(12)17-6-8/h2-4,6H,5H2,1H3,(H,14,16). The van der Waals surface area contributed by atoms with E-state index in [0.717, 1.165) is 9.48 Å². The minimum absolute atomic E-state index is 0.0942. The SMILES string of the molecule is Cc1nccc(CNC(=O)c2csc(Br)c2)n1. The first-order valence-corrected chi connectivity index (χ1v) is 6.63. The largest absolute Gasteiger partial charge is 0.346 e. The van der Waals surface area contributed by atoms with Gasteiger partial charge in [-0.25, -0.2) is 9.97 Å². The number of carbonyl (C=O) groups is 1. The van der Waals surface area contributed by atoms with Gasteiger partial charge in [0.05, 0.1) is 21.6 Å². The van der Waals surface area contributed by atoms with Crippen LogP contribution in [-0.4, -0.2) is 15.9 Å². The second-order valence-electron chi connectivity index (χ2n) is 3.42. The van der Waals surface area contributed by atoms with Gasteiger partial charge in [-0.05, 0) is 35.0 Å². The average Bonchev–Trinajstić information content (AvgIpc) is 2.73. The van der Waals surface area contributed by atoms with Crippen LogP contribution in [0.5, 0.6) is 0 Å². The van der Waals surface area contributed by atoms with Crippen molar-refractivity contribution < 1.29 is 4.79 Å². The first-order valence-electron chi connectivity index (χ1n) is 4.96. The molecule has 0 aliphatic heterocycles. The van der Waals surface area contributed by atoms with Crippen LogP contribution in [0, 0.1) is 6.92 Å². The van der Waals surface area contributed by atoms with Crippen molar-refractivity contribution in [2.75, 3.05) is 0 Å². The molecular weight excluding hydrogens is 302 g/mol. The molecule has 88 valence electrons. The predicted octanol–water partition coefficient (Wildman–Crippen LogP) is 2.54. The van der Waals surface area contributed by atoms with Gasteiger partial charge in [0.25, 0.3) is 5.91 Å². The maximum atomic E-state index is 11.7. The zero-order valence-electron chi connectivity index (χ0n) is 9.11. The van der Waals surface area contributed by atoms with Gasteiger partial charge in [0.1, 0.15) is 5.82 Å². The van der Waals surface area contributed by atoms with E-state index >= 15 is 0 Å². The van der Waals surface area contributed by atoms with Crippen LogP contribution in [0.2, 0.25) is 0 Å². The highest BCUT2D eigenvalue weighted by molar-refractivity contribution is 9.11. The summed E-state index contributed by atoms with van der Waals surface area (Å²) in [7, 11) is 0. The van der Waals surface area contributed by atoms with E-state index in [2.05, 4.69) is 31.2 Å². The van der Waals surface area contributed by atoms with E-state index in [0.29, 0.717) is 17.9 Å². The number of hydrogen-bond acceptors (Lipinski definition) is 4. The van der Waals surface area contributed by atoms with E-state index in [1.165, 1.54) is 11.3 Å². The Kier molecular flexibility index (Phi) is 3.86. The second kappa shape index (κ2) is 5.37. The van der Waals surface area contributed by atoms with E-state index in [1.54, 1.807) is 18.3 Å². The molecule has 2 heterocycles. The molecular formula is C11H10BrN3OS. The number of hydrogen-bond donors (Lipinski definition) is 1. The Morgan fingerprint density at radius 2 is 2.41 bits per heavy atom. The van der Waals surface area contributed by atoms with Gasteiger partial charge in [-0.3, -0.25) is 4.79 Å². The Hall–Kier alpha value is -1.27. The lowest BCUT2D eigenvalue weighted by Crippen LogP contribution is -2.22. The minimum atomic E-state index is -0.0942. The topological polar surface area (TPSA) is 54.9 Å². The normalized spacial score (nSPS) is 10.2. The molecule has 0 aliphatic carbocycles. The lowest BCUT2D eigenvalue weighted by atomic mass is 10.3. The van der Waals surface area contributed by atoms with Crippen LogP contribution in [0.4, 0.5) is 0 Å². The summed E-state index contributed by atoms with van der Waals surface area (Å²) in [6.45, 7) is 2.23. The predicted molar refractivity (Wildman–Crippen MR) is 70.0 cm³/mol. The van der Waals surface area contributed by atoms with Crippen molar-refractivity contribution in [1.29, 1.82) is 0 Å². The smallest absolute Gasteiger partial charge is 0.252 e. The van der Waals surface area contributed by atoms with Gasteiger partial charge in [0, 0.05) is 11.6 Å². The molecule has 0 saturated carbocycles. The highest BCUT2D eigenvalue weighted by Crippen LogP contribution is 2.20. The summed E-state index contributed by atoms with van der Waals surface area (Å²) in [5.74, 6) is 0.609. The molecule has 0 radical (unpaired) electrons. The third-order valence-corrected chi connectivity index (χ3v) is 3.60. The van der Waals surface area contributed by atoms with E-state index in [-0.39, 0.29) is 5.91 Å². The zero-order valence-corrected chi connectivity index (χ0v) is 11.5. The second-order valence-corrected chi connectivity index (χ2v) is 5.71. The van der Waals surface area contributed by atoms with Crippen LogP contribution in [0.1, 0.15) is 21.9 Å². The number of carbonyl (C=O) groups excluding carboxylic acids is 1. The first-order chi connectivity index (χ1) is 8.15. The number of aryl methyl sites for hydroxylation is 1. The van der Waals surface area contributed by atoms with Crippen molar-refractivity contribution in [3.05, 3.63) is 44.6 Å². The van der Waals surface area contributed by atoms with Crippen LogP contribution >= 0.6 is 27.3 Å². The molecule has 1 N–H and O–H groups in total. The number of aromatic nitrogens is 2. The van der Waals surface area contributed by atoms with Gasteiger partial charge in [-0.1, -0.05) is 0 Å². The van der Waals surface area contributed by atoms with Gasteiger partial charge in [0.15, 0.2) is 0 Å². The number of thiophene rings is 1. The van der Waals surface area contributed by atoms with Crippen LogP contribution in [0.3, 0.4) is 0 Å². The fraction of sp³-hybridized carbons (Fsp3) is 0.182. The summed E-state index contributed by atoms with van der Waals surface area (Å²) in [5, 5.41) is 4.62. The molecule has 0 atom stereocenters. The maximum Gasteiger partial charge on any atom is 0.252 e. The Labute approximate surface area is 111 Å². The summed E-state index contributed by atoms with van der Waals surface area (Å²) in [6.07, 6.45) is 1.69. The van der Waals surface area contributed by atoms with Crippen molar-refractivity contribution in [3.63, 3.8) is 0 Å². The Bertz CT molecular complexity index is 541. The molecule has 0 bridgehead atoms. The van der Waals surface area contributed by atoms with Gasteiger partial charge in [-0.2, -0.15) is 0 Å². The average molecular weight is 312 g/mol. The molecule has 1 amide bonds. The third kappa shape index (κ3) is 3.34. The molecule has 2 aromatic rings. The fourth-order valence-electron chi connectivity index (χ4n) is 1.31. The van der Waals surface area contributed by atoms with Crippen LogP contribution in [0.25, 0.3) is 0 Å². The Balaban J connectivity index is 1.97. The summed E-state index contributed by atoms with van der Waals surface area (Å²) in [5.41, 5.74) is 1.47. The van der Waals surface area contributed by atoms with Gasteiger partial charge in [-0.15, -0.1) is 11.3 Å². The first kappa shape index (κ1) is 12.2. The zero-order chi connectivity index (χ0) is 12.3.